The quantitative estimate of drug-likeness (QED) is 0.491. The molecule has 8 heteroatoms. The highest BCUT2D eigenvalue weighted by atomic mass is 32.2. The molecule has 0 unspecified atom stereocenters. The summed E-state index contributed by atoms with van der Waals surface area (Å²) in [7, 11) is 0. The molecule has 0 radical (unpaired) electrons. The molecular weight excluding hydrogens is 330 g/mol. The highest BCUT2D eigenvalue weighted by molar-refractivity contribution is 7.99. The van der Waals surface area contributed by atoms with Gasteiger partial charge in [-0.05, 0) is 36.5 Å². The van der Waals surface area contributed by atoms with Crippen molar-refractivity contribution in [3.8, 4) is 0 Å². The molecule has 2 rings (SSSR count). The predicted octanol–water partition coefficient (Wildman–Crippen LogP) is 2.36. The second-order valence-electron chi connectivity index (χ2n) is 4.47. The summed E-state index contributed by atoms with van der Waals surface area (Å²) in [6.45, 7) is 3.83. The number of benzene rings is 1. The zero-order valence-electron chi connectivity index (χ0n) is 12.8. The van der Waals surface area contributed by atoms with E-state index in [-0.39, 0.29) is 11.0 Å². The Bertz CT molecular complexity index is 712. The molecule has 2 N–H and O–H groups in total. The SMILES string of the molecule is CCSc1nnc(C)n1NC(=S)NC(=O)C=Cc1ccccc1. The molecule has 1 amide bonds. The van der Waals surface area contributed by atoms with Crippen LogP contribution in [0.2, 0.25) is 0 Å². The van der Waals surface area contributed by atoms with E-state index in [4.69, 9.17) is 12.2 Å². The molecule has 0 atom stereocenters. The molecule has 120 valence electrons. The van der Waals surface area contributed by atoms with Crippen molar-refractivity contribution in [2.75, 3.05) is 11.2 Å². The molecule has 1 aromatic carbocycles. The Morgan fingerprint density at radius 3 is 2.78 bits per heavy atom. The van der Waals surface area contributed by atoms with E-state index in [0.29, 0.717) is 11.0 Å². The van der Waals surface area contributed by atoms with Gasteiger partial charge in [0.2, 0.25) is 11.1 Å². The fourth-order valence-electron chi connectivity index (χ4n) is 1.71. The molecule has 0 saturated heterocycles. The smallest absolute Gasteiger partial charge is 0.250 e. The topological polar surface area (TPSA) is 71.8 Å². The van der Waals surface area contributed by atoms with E-state index in [2.05, 4.69) is 20.9 Å². The van der Waals surface area contributed by atoms with Crippen molar-refractivity contribution < 1.29 is 4.79 Å². The van der Waals surface area contributed by atoms with Crippen molar-refractivity contribution in [2.24, 2.45) is 0 Å². The zero-order chi connectivity index (χ0) is 16.7. The number of thioether (sulfide) groups is 1. The van der Waals surface area contributed by atoms with Gasteiger partial charge in [-0.25, -0.2) is 4.68 Å². The first kappa shape index (κ1) is 17.2. The van der Waals surface area contributed by atoms with Crippen LogP contribution in [0.5, 0.6) is 0 Å². The molecule has 23 heavy (non-hydrogen) atoms. The van der Waals surface area contributed by atoms with Crippen LogP contribution in [0.15, 0.2) is 41.6 Å². The molecule has 0 saturated carbocycles. The maximum absolute atomic E-state index is 11.9. The number of carbonyl (C=O) groups is 1. The fourth-order valence-corrected chi connectivity index (χ4v) is 2.57. The van der Waals surface area contributed by atoms with Gasteiger partial charge < -0.3 is 0 Å². The Labute approximate surface area is 144 Å². The van der Waals surface area contributed by atoms with Crippen LogP contribution in [-0.2, 0) is 4.79 Å². The van der Waals surface area contributed by atoms with Crippen molar-refractivity contribution in [3.63, 3.8) is 0 Å². The van der Waals surface area contributed by atoms with Gasteiger partial charge in [0.15, 0.2) is 5.11 Å². The summed E-state index contributed by atoms with van der Waals surface area (Å²) in [5, 5.41) is 11.5. The average molecular weight is 347 g/mol. The van der Waals surface area contributed by atoms with Gasteiger partial charge in [-0.3, -0.25) is 15.5 Å². The van der Waals surface area contributed by atoms with Crippen LogP contribution in [0.3, 0.4) is 0 Å². The molecule has 0 aliphatic carbocycles. The van der Waals surface area contributed by atoms with E-state index in [1.165, 1.54) is 17.8 Å². The van der Waals surface area contributed by atoms with Gasteiger partial charge in [0.05, 0.1) is 0 Å². The van der Waals surface area contributed by atoms with E-state index in [0.717, 1.165) is 11.3 Å². The van der Waals surface area contributed by atoms with Crippen molar-refractivity contribution in [2.45, 2.75) is 19.0 Å². The average Bonchev–Trinajstić information content (AvgIpc) is 2.87. The third-order valence-corrected chi connectivity index (χ3v) is 3.75. The van der Waals surface area contributed by atoms with Gasteiger partial charge in [0, 0.05) is 6.08 Å². The molecule has 1 heterocycles. The Morgan fingerprint density at radius 1 is 1.35 bits per heavy atom. The molecule has 0 aliphatic rings. The lowest BCUT2D eigenvalue weighted by molar-refractivity contribution is -0.115. The number of rotatable bonds is 5. The Hall–Kier alpha value is -2.19. The van der Waals surface area contributed by atoms with E-state index >= 15 is 0 Å². The number of aryl methyl sites for hydroxylation is 1. The third kappa shape index (κ3) is 5.19. The summed E-state index contributed by atoms with van der Waals surface area (Å²) in [4.78, 5) is 11.9. The van der Waals surface area contributed by atoms with Crippen LogP contribution in [0.1, 0.15) is 18.3 Å². The van der Waals surface area contributed by atoms with Gasteiger partial charge in [-0.2, -0.15) is 0 Å². The van der Waals surface area contributed by atoms with Gasteiger partial charge in [-0.1, -0.05) is 49.0 Å². The minimum absolute atomic E-state index is 0.188. The normalized spacial score (nSPS) is 10.7. The van der Waals surface area contributed by atoms with Gasteiger partial charge in [0.25, 0.3) is 0 Å². The molecule has 0 aliphatic heterocycles. The first-order chi connectivity index (χ1) is 11.1. The number of thiocarbonyl (C=S) groups is 1. The van der Waals surface area contributed by atoms with Gasteiger partial charge in [-0.15, -0.1) is 10.2 Å². The second-order valence-corrected chi connectivity index (χ2v) is 6.11. The van der Waals surface area contributed by atoms with E-state index in [1.54, 1.807) is 17.7 Å². The number of hydrogen-bond acceptors (Lipinski definition) is 5. The fraction of sp³-hybridized carbons (Fsp3) is 0.200. The van der Waals surface area contributed by atoms with Crippen LogP contribution >= 0.6 is 24.0 Å². The van der Waals surface area contributed by atoms with E-state index < -0.39 is 0 Å². The summed E-state index contributed by atoms with van der Waals surface area (Å²) in [6.07, 6.45) is 3.16. The third-order valence-electron chi connectivity index (χ3n) is 2.75. The highest BCUT2D eigenvalue weighted by Gasteiger charge is 2.10. The first-order valence-corrected chi connectivity index (χ1v) is 8.39. The van der Waals surface area contributed by atoms with Crippen molar-refractivity contribution in [1.29, 1.82) is 0 Å². The Kier molecular flexibility index (Phi) is 6.30. The Morgan fingerprint density at radius 2 is 2.09 bits per heavy atom. The molecule has 2 aromatic rings. The second kappa shape index (κ2) is 8.44. The van der Waals surface area contributed by atoms with Crippen LogP contribution in [0, 0.1) is 6.92 Å². The van der Waals surface area contributed by atoms with E-state index in [1.807, 2.05) is 37.3 Å². The summed E-state index contributed by atoms with van der Waals surface area (Å²) in [5.74, 6) is 1.22. The van der Waals surface area contributed by atoms with Crippen molar-refractivity contribution >= 4 is 41.1 Å². The van der Waals surface area contributed by atoms with Crippen LogP contribution < -0.4 is 10.7 Å². The largest absolute Gasteiger partial charge is 0.298 e. The summed E-state index contributed by atoms with van der Waals surface area (Å²) in [6, 6.07) is 9.56. The zero-order valence-corrected chi connectivity index (χ0v) is 14.4. The number of amides is 1. The minimum Gasteiger partial charge on any atom is -0.298 e. The molecule has 1 aromatic heterocycles. The predicted molar refractivity (Wildman–Crippen MR) is 96.7 cm³/mol. The van der Waals surface area contributed by atoms with Crippen molar-refractivity contribution in [3.05, 3.63) is 47.8 Å². The van der Waals surface area contributed by atoms with Crippen LogP contribution in [0.4, 0.5) is 0 Å². The maximum Gasteiger partial charge on any atom is 0.250 e. The Balaban J connectivity index is 1.93. The lowest BCUT2D eigenvalue weighted by Crippen LogP contribution is -2.37. The standard InChI is InChI=1S/C15H17N5OS2/c1-3-23-15-18-17-11(2)20(15)19-14(22)16-13(21)10-9-12-7-5-4-6-8-12/h4-10H,3H2,1-2H3,(H2,16,19,21,22). The van der Waals surface area contributed by atoms with Crippen molar-refractivity contribution in [1.82, 2.24) is 20.2 Å². The first-order valence-electron chi connectivity index (χ1n) is 7.00. The molecule has 0 fully saturated rings. The monoisotopic (exact) mass is 347 g/mol. The summed E-state index contributed by atoms with van der Waals surface area (Å²) < 4.78 is 1.65. The number of carbonyl (C=O) groups excluding carboxylic acids is 1. The van der Waals surface area contributed by atoms with Crippen LogP contribution in [-0.4, -0.2) is 31.6 Å². The number of nitrogens with one attached hydrogen (secondary N) is 2. The lowest BCUT2D eigenvalue weighted by atomic mass is 10.2. The molecule has 0 bridgehead atoms. The maximum atomic E-state index is 11.9. The number of hydrogen-bond donors (Lipinski definition) is 2. The summed E-state index contributed by atoms with van der Waals surface area (Å²) >= 11 is 6.68. The molecule has 0 spiro atoms. The highest BCUT2D eigenvalue weighted by Crippen LogP contribution is 2.14. The number of aromatic nitrogens is 3. The van der Waals surface area contributed by atoms with E-state index in [9.17, 15) is 4.79 Å². The minimum atomic E-state index is -0.304. The van der Waals surface area contributed by atoms with Crippen LogP contribution in [0.25, 0.3) is 6.08 Å². The van der Waals surface area contributed by atoms with Gasteiger partial charge in [0.1, 0.15) is 5.82 Å². The molecule has 6 nitrogen and oxygen atoms in total. The molecular formula is C15H17N5OS2. The lowest BCUT2D eigenvalue weighted by Gasteiger charge is -2.11. The summed E-state index contributed by atoms with van der Waals surface area (Å²) in [5.41, 5.74) is 3.85. The van der Waals surface area contributed by atoms with Gasteiger partial charge >= 0.3 is 0 Å². The number of nitrogens with zero attached hydrogens (tertiary/aromatic N) is 3.